The maximum atomic E-state index is 13.3. The zero-order valence-electron chi connectivity index (χ0n) is 22.7. The first-order chi connectivity index (χ1) is 19.6. The summed E-state index contributed by atoms with van der Waals surface area (Å²) in [5, 5.41) is 4.94. The van der Waals surface area contributed by atoms with Crippen LogP contribution >= 0.6 is 11.3 Å². The number of carbonyl (C=O) groups is 2. The number of rotatable bonds is 9. The number of amides is 2. The van der Waals surface area contributed by atoms with Gasteiger partial charge in [-0.3, -0.25) is 19.9 Å². The molecule has 10 nitrogen and oxygen atoms in total. The minimum absolute atomic E-state index is 0.0359. The van der Waals surface area contributed by atoms with Crippen molar-refractivity contribution in [1.82, 2.24) is 14.9 Å². The van der Waals surface area contributed by atoms with E-state index in [4.69, 9.17) is 9.47 Å². The number of carbonyl (C=O) groups excluding carboxylic acids is 2. The van der Waals surface area contributed by atoms with Gasteiger partial charge in [-0.15, -0.1) is 11.3 Å². The van der Waals surface area contributed by atoms with Gasteiger partial charge < -0.3 is 14.4 Å². The van der Waals surface area contributed by atoms with E-state index < -0.39 is 15.7 Å². The second-order valence-electron chi connectivity index (χ2n) is 9.69. The van der Waals surface area contributed by atoms with E-state index in [9.17, 15) is 18.0 Å². The average molecular weight is 593 g/mol. The van der Waals surface area contributed by atoms with Crippen LogP contribution in [0.3, 0.4) is 0 Å². The van der Waals surface area contributed by atoms with Crippen molar-refractivity contribution in [3.8, 4) is 22.8 Å². The van der Waals surface area contributed by atoms with Gasteiger partial charge in [0.25, 0.3) is 5.91 Å². The number of hydrogen-bond acceptors (Lipinski definition) is 9. The first-order valence-corrected chi connectivity index (χ1v) is 15.5. The molecule has 0 atom stereocenters. The summed E-state index contributed by atoms with van der Waals surface area (Å²) in [6.07, 6.45) is 3.04. The molecule has 41 heavy (non-hydrogen) atoms. The molecular weight excluding hydrogens is 564 g/mol. The van der Waals surface area contributed by atoms with Gasteiger partial charge >= 0.3 is 0 Å². The van der Waals surface area contributed by atoms with E-state index in [2.05, 4.69) is 15.3 Å². The monoisotopic (exact) mass is 592 g/mol. The predicted octanol–water partition coefficient (Wildman–Crippen LogP) is 4.36. The van der Waals surface area contributed by atoms with Gasteiger partial charge in [0.05, 0.1) is 28.8 Å². The lowest BCUT2D eigenvalue weighted by atomic mass is 10.0. The van der Waals surface area contributed by atoms with Gasteiger partial charge in [-0.05, 0) is 61.0 Å². The van der Waals surface area contributed by atoms with Gasteiger partial charge in [-0.1, -0.05) is 6.07 Å². The quantitative estimate of drug-likeness (QED) is 0.304. The zero-order chi connectivity index (χ0) is 29.1. The predicted molar refractivity (Wildman–Crippen MR) is 155 cm³/mol. The van der Waals surface area contributed by atoms with Crippen molar-refractivity contribution in [2.45, 2.75) is 24.3 Å². The molecular formula is C29H28N4O6S2. The summed E-state index contributed by atoms with van der Waals surface area (Å²) in [5.74, 6) is 0.341. The third-order valence-electron chi connectivity index (χ3n) is 6.58. The molecule has 1 aliphatic rings. The summed E-state index contributed by atoms with van der Waals surface area (Å²) in [4.78, 5) is 36.6. The summed E-state index contributed by atoms with van der Waals surface area (Å²) in [6, 6.07) is 14.9. The van der Waals surface area contributed by atoms with E-state index in [1.54, 1.807) is 53.9 Å². The molecule has 1 fully saturated rings. The number of hydrogen-bond donors (Lipinski definition) is 1. The molecule has 3 heterocycles. The number of anilines is 1. The Morgan fingerprint density at radius 1 is 1.10 bits per heavy atom. The summed E-state index contributed by atoms with van der Waals surface area (Å²) < 4.78 is 34.9. The van der Waals surface area contributed by atoms with E-state index in [1.165, 1.54) is 23.5 Å². The zero-order valence-corrected chi connectivity index (χ0v) is 24.3. The number of likely N-dealkylation sites (tertiary alicyclic amines) is 1. The molecule has 2 aromatic heterocycles. The molecule has 2 aromatic carbocycles. The molecule has 0 bridgehead atoms. The second kappa shape index (κ2) is 11.8. The second-order valence-corrected chi connectivity index (χ2v) is 12.6. The largest absolute Gasteiger partial charge is 0.457 e. The van der Waals surface area contributed by atoms with Gasteiger partial charge in [0.2, 0.25) is 5.91 Å². The Bertz CT molecular complexity index is 1700. The van der Waals surface area contributed by atoms with Crippen LogP contribution in [-0.2, 0) is 25.8 Å². The van der Waals surface area contributed by atoms with Crippen molar-refractivity contribution in [2.75, 3.05) is 31.8 Å². The van der Waals surface area contributed by atoms with Gasteiger partial charge in [-0.25, -0.2) is 13.4 Å². The van der Waals surface area contributed by atoms with E-state index in [0.717, 1.165) is 11.8 Å². The van der Waals surface area contributed by atoms with Crippen molar-refractivity contribution >= 4 is 38.1 Å². The number of nitrogens with zero attached hydrogens (tertiary/aromatic N) is 3. The molecule has 1 aliphatic heterocycles. The van der Waals surface area contributed by atoms with Gasteiger partial charge in [0.15, 0.2) is 15.0 Å². The minimum atomic E-state index is -3.35. The topological polar surface area (TPSA) is 128 Å². The Kier molecular flexibility index (Phi) is 8.15. The van der Waals surface area contributed by atoms with Crippen LogP contribution in [0.1, 0.15) is 21.6 Å². The molecule has 0 aliphatic carbocycles. The van der Waals surface area contributed by atoms with Crippen molar-refractivity contribution in [2.24, 2.45) is 0 Å². The van der Waals surface area contributed by atoms with Gasteiger partial charge in [0.1, 0.15) is 11.5 Å². The number of benzene rings is 2. The third-order valence-corrected chi connectivity index (χ3v) is 8.51. The fourth-order valence-electron chi connectivity index (χ4n) is 4.28. The number of thiazole rings is 1. The number of aryl methyl sites for hydroxylation is 1. The highest BCUT2D eigenvalue weighted by molar-refractivity contribution is 7.90. The van der Waals surface area contributed by atoms with Crippen LogP contribution in [0.5, 0.6) is 11.5 Å². The number of methoxy groups -OCH3 is 1. The molecule has 0 unspecified atom stereocenters. The smallest absolute Gasteiger partial charge is 0.257 e. The van der Waals surface area contributed by atoms with Crippen molar-refractivity contribution in [1.29, 1.82) is 0 Å². The Hall–Kier alpha value is -4.13. The van der Waals surface area contributed by atoms with Crippen LogP contribution in [-0.4, -0.2) is 67.7 Å². The molecule has 5 rings (SSSR count). The van der Waals surface area contributed by atoms with E-state index in [-0.39, 0.29) is 23.3 Å². The lowest BCUT2D eigenvalue weighted by molar-refractivity contribution is -0.142. The summed E-state index contributed by atoms with van der Waals surface area (Å²) in [5.41, 5.74) is 3.18. The van der Waals surface area contributed by atoms with Crippen LogP contribution in [0.25, 0.3) is 11.3 Å². The SMILES string of the molecule is COC1CN(C(=O)Cc2csc(NC(=O)c3cc(Oc4ccc(S(C)(=O)=O)cc4)cc(-c4ncccc4C)c3)n2)C1. The van der Waals surface area contributed by atoms with Crippen LogP contribution in [0.2, 0.25) is 0 Å². The van der Waals surface area contributed by atoms with Crippen LogP contribution in [0, 0.1) is 6.92 Å². The highest BCUT2D eigenvalue weighted by atomic mass is 32.2. The molecule has 0 radical (unpaired) electrons. The lowest BCUT2D eigenvalue weighted by Gasteiger charge is -2.38. The fourth-order valence-corrected chi connectivity index (χ4v) is 5.61. The summed E-state index contributed by atoms with van der Waals surface area (Å²) >= 11 is 1.24. The van der Waals surface area contributed by atoms with E-state index in [0.29, 0.717) is 52.2 Å². The van der Waals surface area contributed by atoms with Gasteiger partial charge in [0, 0.05) is 49.2 Å². The van der Waals surface area contributed by atoms with Crippen molar-refractivity contribution < 1.29 is 27.5 Å². The van der Waals surface area contributed by atoms with Crippen LogP contribution in [0.4, 0.5) is 5.13 Å². The highest BCUT2D eigenvalue weighted by Gasteiger charge is 2.30. The fraction of sp³-hybridized carbons (Fsp3) is 0.241. The van der Waals surface area contributed by atoms with E-state index in [1.807, 2.05) is 19.1 Å². The Labute approximate surface area is 241 Å². The molecule has 1 N–H and O–H groups in total. The minimum Gasteiger partial charge on any atom is -0.457 e. The number of pyridine rings is 1. The number of sulfone groups is 1. The highest BCUT2D eigenvalue weighted by Crippen LogP contribution is 2.31. The van der Waals surface area contributed by atoms with Crippen LogP contribution < -0.4 is 10.1 Å². The standard InChI is InChI=1S/C29H28N4O6S2/c1-18-5-4-10-30-27(18)19-11-20(13-23(12-19)39-22-6-8-25(9-7-22)41(3,36)37)28(35)32-29-31-21(17-40-29)14-26(34)33-15-24(16-33)38-2/h4-13,17,24H,14-16H2,1-3H3,(H,31,32,35). The molecule has 0 spiro atoms. The Morgan fingerprint density at radius 3 is 2.54 bits per heavy atom. The number of nitrogens with one attached hydrogen (secondary N) is 1. The average Bonchev–Trinajstić information content (AvgIpc) is 3.34. The van der Waals surface area contributed by atoms with Crippen molar-refractivity contribution in [3.63, 3.8) is 0 Å². The van der Waals surface area contributed by atoms with Crippen LogP contribution in [0.15, 0.2) is 71.1 Å². The lowest BCUT2D eigenvalue weighted by Crippen LogP contribution is -2.54. The molecule has 212 valence electrons. The van der Waals surface area contributed by atoms with Gasteiger partial charge in [-0.2, -0.15) is 0 Å². The van der Waals surface area contributed by atoms with Crippen molar-refractivity contribution in [3.05, 3.63) is 83.0 Å². The molecule has 0 saturated carbocycles. The maximum absolute atomic E-state index is 13.3. The normalized spacial score (nSPS) is 13.5. The number of ether oxygens (including phenoxy) is 2. The first kappa shape index (κ1) is 28.4. The third kappa shape index (κ3) is 6.79. The first-order valence-electron chi connectivity index (χ1n) is 12.7. The van der Waals surface area contributed by atoms with E-state index >= 15 is 0 Å². The Morgan fingerprint density at radius 2 is 1.85 bits per heavy atom. The molecule has 4 aromatic rings. The molecule has 1 saturated heterocycles. The maximum Gasteiger partial charge on any atom is 0.257 e. The molecule has 12 heteroatoms. The number of aromatic nitrogens is 2. The summed E-state index contributed by atoms with van der Waals surface area (Å²) in [6.45, 7) is 3.07. The summed E-state index contributed by atoms with van der Waals surface area (Å²) in [7, 11) is -1.72. The molecule has 2 amide bonds. The Balaban J connectivity index is 1.36.